The number of benzene rings is 1. The first-order valence-electron chi connectivity index (χ1n) is 8.37. The van der Waals surface area contributed by atoms with E-state index < -0.39 is 0 Å². The average molecular weight is 386 g/mol. The third kappa shape index (κ3) is 4.98. The van der Waals surface area contributed by atoms with Gasteiger partial charge in [0.05, 0.1) is 5.69 Å². The van der Waals surface area contributed by atoms with E-state index in [1.807, 2.05) is 44.2 Å². The molecule has 2 N–H and O–H groups in total. The highest BCUT2D eigenvalue weighted by Gasteiger charge is 2.06. The molecule has 0 saturated carbocycles. The van der Waals surface area contributed by atoms with Gasteiger partial charge in [0.1, 0.15) is 12.4 Å². The minimum atomic E-state index is 0.241. The molecular weight excluding hydrogens is 366 g/mol. The predicted molar refractivity (Wildman–Crippen MR) is 104 cm³/mol. The van der Waals surface area contributed by atoms with E-state index in [0.29, 0.717) is 28.8 Å². The van der Waals surface area contributed by atoms with Gasteiger partial charge in [-0.25, -0.2) is 9.67 Å². The summed E-state index contributed by atoms with van der Waals surface area (Å²) < 4.78 is 7.28. The fourth-order valence-electron chi connectivity index (χ4n) is 2.45. The van der Waals surface area contributed by atoms with Gasteiger partial charge in [-0.2, -0.15) is 5.10 Å². The first-order valence-corrected chi connectivity index (χ1v) is 8.74. The smallest absolute Gasteiger partial charge is 0.171 e. The number of aryl methyl sites for hydroxylation is 2. The number of hydrogen-bond acceptors (Lipinski definition) is 5. The van der Waals surface area contributed by atoms with E-state index in [0.717, 1.165) is 11.4 Å². The van der Waals surface area contributed by atoms with Crippen molar-refractivity contribution in [3.8, 4) is 11.6 Å². The topological polar surface area (TPSA) is 87.6 Å². The lowest BCUT2D eigenvalue weighted by Crippen LogP contribution is -2.16. The lowest BCUT2D eigenvalue weighted by atomic mass is 10.2. The molecule has 140 valence electrons. The monoisotopic (exact) mass is 385 g/mol. The van der Waals surface area contributed by atoms with E-state index in [1.54, 1.807) is 23.0 Å². The van der Waals surface area contributed by atoms with E-state index >= 15 is 0 Å². The molecule has 1 aromatic carbocycles. The Morgan fingerprint density at radius 3 is 2.70 bits per heavy atom. The van der Waals surface area contributed by atoms with Crippen molar-refractivity contribution in [2.45, 2.75) is 13.8 Å². The lowest BCUT2D eigenvalue weighted by molar-refractivity contribution is 0.107. The van der Waals surface area contributed by atoms with Crippen molar-refractivity contribution in [1.29, 1.82) is 0 Å². The third-order valence-corrected chi connectivity index (χ3v) is 3.91. The number of oxime groups is 1. The first kappa shape index (κ1) is 18.7. The fraction of sp³-hybridized carbons (Fsp3) is 0.211. The van der Waals surface area contributed by atoms with Crippen molar-refractivity contribution in [2.24, 2.45) is 10.9 Å². The Bertz CT molecular complexity index is 938. The van der Waals surface area contributed by atoms with Crippen LogP contribution in [0.2, 0.25) is 5.02 Å². The number of aromatic nitrogens is 3. The molecule has 7 nitrogen and oxygen atoms in total. The summed E-state index contributed by atoms with van der Waals surface area (Å²) in [6, 6.07) is 12.8. The zero-order chi connectivity index (χ0) is 19.2. The fourth-order valence-corrected chi connectivity index (χ4v) is 2.63. The van der Waals surface area contributed by atoms with Gasteiger partial charge in [-0.3, -0.25) is 0 Å². The van der Waals surface area contributed by atoms with Crippen LogP contribution in [0.25, 0.3) is 5.82 Å². The molecule has 3 rings (SSSR count). The summed E-state index contributed by atoms with van der Waals surface area (Å²) in [6.45, 7) is 4.50. The Morgan fingerprint density at radius 1 is 1.19 bits per heavy atom. The molecule has 27 heavy (non-hydrogen) atoms. The number of nitrogens with two attached hydrogens (primary N) is 1. The standard InChI is InChI=1S/C19H20ClN5O2/c1-13-10-14(2)25(23-13)18-7-6-15(12-22-18)19(21)24-27-9-8-26-17-5-3-4-16(20)11-17/h3-7,10-12H,8-9H2,1-2H3,(H2,21,24). The number of halogens is 1. The van der Waals surface area contributed by atoms with Crippen molar-refractivity contribution >= 4 is 17.4 Å². The van der Waals surface area contributed by atoms with Crippen LogP contribution in [0.4, 0.5) is 0 Å². The molecule has 2 heterocycles. The molecule has 0 bridgehead atoms. The summed E-state index contributed by atoms with van der Waals surface area (Å²) in [6.07, 6.45) is 1.64. The first-order chi connectivity index (χ1) is 13.0. The molecule has 0 amide bonds. The molecule has 2 aromatic heterocycles. The molecule has 0 aliphatic heterocycles. The number of nitrogens with zero attached hydrogens (tertiary/aromatic N) is 4. The van der Waals surface area contributed by atoms with Gasteiger partial charge in [0.2, 0.25) is 0 Å². The van der Waals surface area contributed by atoms with Gasteiger partial charge in [0.15, 0.2) is 18.3 Å². The van der Waals surface area contributed by atoms with Gasteiger partial charge >= 0.3 is 0 Å². The number of ether oxygens (including phenoxy) is 1. The van der Waals surface area contributed by atoms with Crippen LogP contribution >= 0.6 is 11.6 Å². The van der Waals surface area contributed by atoms with Crippen LogP contribution in [0, 0.1) is 13.8 Å². The average Bonchev–Trinajstić information content (AvgIpc) is 2.99. The highest BCUT2D eigenvalue weighted by atomic mass is 35.5. The van der Waals surface area contributed by atoms with Gasteiger partial charge < -0.3 is 15.3 Å². The second-order valence-corrected chi connectivity index (χ2v) is 6.30. The molecule has 0 atom stereocenters. The molecule has 8 heteroatoms. The normalized spacial score (nSPS) is 11.4. The van der Waals surface area contributed by atoms with Crippen molar-refractivity contribution < 1.29 is 9.57 Å². The highest BCUT2D eigenvalue weighted by Crippen LogP contribution is 2.16. The molecular formula is C19H20ClN5O2. The number of amidine groups is 1. The maximum Gasteiger partial charge on any atom is 0.171 e. The Kier molecular flexibility index (Phi) is 5.93. The van der Waals surface area contributed by atoms with E-state index in [9.17, 15) is 0 Å². The molecule has 0 aliphatic rings. The second kappa shape index (κ2) is 8.55. The van der Waals surface area contributed by atoms with Gasteiger partial charge in [-0.05, 0) is 50.2 Å². The molecule has 0 fully saturated rings. The maximum atomic E-state index is 5.94. The largest absolute Gasteiger partial charge is 0.490 e. The van der Waals surface area contributed by atoms with Crippen LogP contribution in [-0.2, 0) is 4.84 Å². The van der Waals surface area contributed by atoms with E-state index in [-0.39, 0.29) is 12.4 Å². The summed E-state index contributed by atoms with van der Waals surface area (Å²) in [4.78, 5) is 9.58. The molecule has 0 aliphatic carbocycles. The summed E-state index contributed by atoms with van der Waals surface area (Å²) in [5.74, 6) is 1.63. The Morgan fingerprint density at radius 2 is 2.04 bits per heavy atom. The lowest BCUT2D eigenvalue weighted by Gasteiger charge is -2.07. The minimum absolute atomic E-state index is 0.241. The van der Waals surface area contributed by atoms with Crippen molar-refractivity contribution in [3.63, 3.8) is 0 Å². The van der Waals surface area contributed by atoms with Crippen molar-refractivity contribution in [1.82, 2.24) is 14.8 Å². The van der Waals surface area contributed by atoms with Gasteiger partial charge in [-0.15, -0.1) is 0 Å². The minimum Gasteiger partial charge on any atom is -0.490 e. The van der Waals surface area contributed by atoms with Crippen LogP contribution in [-0.4, -0.2) is 33.8 Å². The number of hydrogen-bond donors (Lipinski definition) is 1. The molecule has 0 saturated heterocycles. The Hall–Kier alpha value is -3.06. The van der Waals surface area contributed by atoms with Crippen LogP contribution in [0.5, 0.6) is 5.75 Å². The Balaban J connectivity index is 1.52. The van der Waals surface area contributed by atoms with Gasteiger partial charge in [0, 0.05) is 22.5 Å². The summed E-state index contributed by atoms with van der Waals surface area (Å²) >= 11 is 5.89. The zero-order valence-electron chi connectivity index (χ0n) is 15.1. The SMILES string of the molecule is Cc1cc(C)n(-c2ccc(C(N)=NOCCOc3cccc(Cl)c3)cn2)n1. The van der Waals surface area contributed by atoms with Crippen LogP contribution < -0.4 is 10.5 Å². The predicted octanol–water partition coefficient (Wildman–Crippen LogP) is 3.25. The zero-order valence-corrected chi connectivity index (χ0v) is 15.8. The number of rotatable bonds is 7. The van der Waals surface area contributed by atoms with Gasteiger partial charge in [-0.1, -0.05) is 22.8 Å². The summed E-state index contributed by atoms with van der Waals surface area (Å²) in [7, 11) is 0. The van der Waals surface area contributed by atoms with E-state index in [4.69, 9.17) is 26.9 Å². The molecule has 0 radical (unpaired) electrons. The van der Waals surface area contributed by atoms with Crippen molar-refractivity contribution in [2.75, 3.05) is 13.2 Å². The van der Waals surface area contributed by atoms with Crippen LogP contribution in [0.3, 0.4) is 0 Å². The summed E-state index contributed by atoms with van der Waals surface area (Å²) in [5.41, 5.74) is 8.55. The molecule has 3 aromatic rings. The van der Waals surface area contributed by atoms with E-state index in [1.165, 1.54) is 0 Å². The second-order valence-electron chi connectivity index (χ2n) is 5.86. The third-order valence-electron chi connectivity index (χ3n) is 3.67. The molecule has 0 spiro atoms. The highest BCUT2D eigenvalue weighted by molar-refractivity contribution is 6.30. The number of pyridine rings is 1. The molecule has 0 unspecified atom stereocenters. The van der Waals surface area contributed by atoms with Crippen molar-refractivity contribution in [3.05, 3.63) is 70.6 Å². The maximum absolute atomic E-state index is 5.94. The van der Waals surface area contributed by atoms with Crippen LogP contribution in [0.1, 0.15) is 17.0 Å². The quantitative estimate of drug-likeness (QED) is 0.292. The van der Waals surface area contributed by atoms with E-state index in [2.05, 4.69) is 15.2 Å². The van der Waals surface area contributed by atoms with Gasteiger partial charge in [0.25, 0.3) is 0 Å². The van der Waals surface area contributed by atoms with Crippen LogP contribution in [0.15, 0.2) is 53.8 Å². The Labute approximate surface area is 162 Å². The summed E-state index contributed by atoms with van der Waals surface area (Å²) in [5, 5.41) is 8.91.